The Kier molecular flexibility index (Phi) is 18.7. The van der Waals surface area contributed by atoms with Gasteiger partial charge in [-0.15, -0.1) is 0 Å². The summed E-state index contributed by atoms with van der Waals surface area (Å²) in [6.07, 6.45) is 8.57. The summed E-state index contributed by atoms with van der Waals surface area (Å²) >= 11 is 0. The topological polar surface area (TPSA) is 336 Å². The van der Waals surface area contributed by atoms with Crippen molar-refractivity contribution in [2.75, 3.05) is 6.54 Å². The zero-order chi connectivity index (χ0) is 51.9. The molecule has 13 N–H and O–H groups in total. The van der Waals surface area contributed by atoms with E-state index in [1.807, 2.05) is 69.3 Å². The Morgan fingerprint density at radius 3 is 1.82 bits per heavy atom. The summed E-state index contributed by atoms with van der Waals surface area (Å²) in [7, 11) is 0. The number of H-pyrrole nitrogens is 3. The zero-order valence-electron chi connectivity index (χ0n) is 40.8. The van der Waals surface area contributed by atoms with Gasteiger partial charge in [0.2, 0.25) is 53.2 Å². The summed E-state index contributed by atoms with van der Waals surface area (Å²) in [6, 6.07) is 6.94. The van der Waals surface area contributed by atoms with E-state index in [0.717, 1.165) is 33.8 Å². The summed E-state index contributed by atoms with van der Waals surface area (Å²) in [4.78, 5) is 134. The van der Waals surface area contributed by atoms with Gasteiger partial charge in [-0.25, -0.2) is 4.98 Å². The number of nitrogens with one attached hydrogen (secondary N) is 11. The number of fused-ring (bicyclic) bond motifs is 2. The molecule has 9 amide bonds. The SMILES string of the molecule is CCCC[C@H](NC(=O)[C@H](CC(C)C)NC(=O)[C@@H](Cc1cnc[nH]1)NC(=O)CNC(=O)[C@@H](Cc1c[nH]c2ccccc12)NC(=O)[C@H](C)NC(=O)[C@H](Cc1c[nH]c2ccccc12)NC(=O)[C@H]1CCC(=O)N1)C(N)=O. The number of aromatic amines is 3. The molecule has 22 heteroatoms. The van der Waals surface area contributed by atoms with Crippen LogP contribution in [-0.4, -0.2) is 122 Å². The van der Waals surface area contributed by atoms with Gasteiger partial charge in [-0.05, 0) is 55.4 Å². The van der Waals surface area contributed by atoms with Crippen LogP contribution in [0.15, 0.2) is 73.4 Å². The monoisotopic (exact) mass is 992 g/mol. The molecule has 384 valence electrons. The summed E-state index contributed by atoms with van der Waals surface area (Å²) in [6.45, 7) is 6.44. The fourth-order valence-corrected chi connectivity index (χ4v) is 8.52. The molecular weight excluding hydrogens is 927 g/mol. The van der Waals surface area contributed by atoms with Gasteiger partial charge in [-0.1, -0.05) is 70.0 Å². The van der Waals surface area contributed by atoms with Crippen molar-refractivity contribution in [2.45, 2.75) is 128 Å². The molecule has 2 aromatic carbocycles. The molecule has 72 heavy (non-hydrogen) atoms. The number of hydrogen-bond donors (Lipinski definition) is 12. The van der Waals surface area contributed by atoms with Crippen LogP contribution < -0.4 is 48.3 Å². The highest BCUT2D eigenvalue weighted by atomic mass is 16.2. The molecule has 1 fully saturated rings. The van der Waals surface area contributed by atoms with E-state index in [1.54, 1.807) is 12.4 Å². The minimum Gasteiger partial charge on any atom is -0.368 e. The first-order chi connectivity index (χ1) is 34.5. The van der Waals surface area contributed by atoms with Crippen molar-refractivity contribution in [1.82, 2.24) is 62.5 Å². The van der Waals surface area contributed by atoms with E-state index in [9.17, 15) is 43.2 Å². The average Bonchev–Trinajstić information content (AvgIpc) is 4.19. The number of unbranched alkanes of at least 4 members (excludes halogenated alkanes) is 1. The lowest BCUT2D eigenvalue weighted by Gasteiger charge is -2.26. The minimum atomic E-state index is -1.29. The van der Waals surface area contributed by atoms with E-state index >= 15 is 0 Å². The molecule has 1 saturated heterocycles. The Hall–Kier alpha value is -8.04. The van der Waals surface area contributed by atoms with Crippen molar-refractivity contribution >= 4 is 75.0 Å². The van der Waals surface area contributed by atoms with E-state index in [4.69, 9.17) is 5.73 Å². The van der Waals surface area contributed by atoms with Crippen LogP contribution in [0.1, 0.15) is 83.0 Å². The number of primary amides is 1. The molecule has 0 radical (unpaired) electrons. The first kappa shape index (κ1) is 53.3. The molecule has 7 atom stereocenters. The standard InChI is InChI=1S/C50H65N13O9/c1-5-6-13-36(44(51)66)60-49(71)38(18-27(2)3)62-50(72)41(21-31-24-52-26-56-31)59-43(65)25-55-46(68)39(19-29-22-53-34-14-9-7-11-32(29)34)61-45(67)28(4)57-48(70)40(63-47(69)37-16-17-42(64)58-37)20-30-23-54-35-15-10-8-12-33(30)35/h7-12,14-15,22-24,26-28,36-41,53-54H,5-6,13,16-21,25H2,1-4H3,(H2,51,66)(H,52,56)(H,55,68)(H,57,70)(H,58,64)(H,59,65)(H,60,71)(H,61,67)(H,62,72)(H,63,69)/t28-,36-,37+,38-,39+,40-,41+/m0/s1. The Morgan fingerprint density at radius 2 is 1.25 bits per heavy atom. The number of benzene rings is 2. The van der Waals surface area contributed by atoms with Gasteiger partial charge in [0, 0.05) is 71.8 Å². The van der Waals surface area contributed by atoms with E-state index in [-0.39, 0.29) is 50.4 Å². The molecular formula is C50H65N13O9. The molecule has 6 rings (SSSR count). The third-order valence-electron chi connectivity index (χ3n) is 12.4. The fourth-order valence-electron chi connectivity index (χ4n) is 8.52. The molecule has 1 aliphatic heterocycles. The van der Waals surface area contributed by atoms with Crippen molar-refractivity contribution < 1.29 is 43.2 Å². The first-order valence-corrected chi connectivity index (χ1v) is 24.2. The van der Waals surface area contributed by atoms with Gasteiger partial charge in [0.25, 0.3) is 0 Å². The third-order valence-corrected chi connectivity index (χ3v) is 12.4. The van der Waals surface area contributed by atoms with E-state index in [1.165, 1.54) is 19.4 Å². The quantitative estimate of drug-likeness (QED) is 0.0363. The van der Waals surface area contributed by atoms with Gasteiger partial charge in [0.1, 0.15) is 42.3 Å². The molecule has 0 spiro atoms. The van der Waals surface area contributed by atoms with E-state index in [2.05, 4.69) is 62.5 Å². The molecule has 22 nitrogen and oxygen atoms in total. The van der Waals surface area contributed by atoms with E-state index in [0.29, 0.717) is 24.1 Å². The van der Waals surface area contributed by atoms with Gasteiger partial charge in [-0.2, -0.15) is 0 Å². The van der Waals surface area contributed by atoms with Crippen molar-refractivity contribution in [2.24, 2.45) is 11.7 Å². The number of aromatic nitrogens is 4. The molecule has 5 aromatic rings. The highest BCUT2D eigenvalue weighted by Gasteiger charge is 2.34. The Labute approximate surface area is 415 Å². The van der Waals surface area contributed by atoms with Crippen LogP contribution in [0.4, 0.5) is 0 Å². The maximum atomic E-state index is 14.1. The van der Waals surface area contributed by atoms with Crippen LogP contribution in [0.2, 0.25) is 0 Å². The molecule has 3 aromatic heterocycles. The van der Waals surface area contributed by atoms with Crippen LogP contribution in [0.25, 0.3) is 21.8 Å². The smallest absolute Gasteiger partial charge is 0.243 e. The van der Waals surface area contributed by atoms with Gasteiger partial charge < -0.3 is 63.2 Å². The zero-order valence-corrected chi connectivity index (χ0v) is 40.8. The van der Waals surface area contributed by atoms with Gasteiger partial charge in [-0.3, -0.25) is 43.2 Å². The number of nitrogens with two attached hydrogens (primary N) is 1. The van der Waals surface area contributed by atoms with Crippen LogP contribution >= 0.6 is 0 Å². The fraction of sp³-hybridized carbons (Fsp3) is 0.440. The summed E-state index contributed by atoms with van der Waals surface area (Å²) < 4.78 is 0. The van der Waals surface area contributed by atoms with Crippen molar-refractivity contribution in [1.29, 1.82) is 0 Å². The van der Waals surface area contributed by atoms with Crippen LogP contribution in [0.5, 0.6) is 0 Å². The number of nitrogens with zero attached hydrogens (tertiary/aromatic N) is 1. The predicted octanol–water partition coefficient (Wildman–Crippen LogP) is 0.445. The van der Waals surface area contributed by atoms with Crippen molar-refractivity contribution in [3.05, 3.63) is 90.3 Å². The molecule has 1 aliphatic rings. The van der Waals surface area contributed by atoms with Gasteiger partial charge >= 0.3 is 0 Å². The summed E-state index contributed by atoms with van der Waals surface area (Å²) in [5, 5.41) is 23.0. The van der Waals surface area contributed by atoms with Crippen LogP contribution in [0, 0.1) is 5.92 Å². The first-order valence-electron chi connectivity index (χ1n) is 24.2. The predicted molar refractivity (Wildman–Crippen MR) is 266 cm³/mol. The lowest BCUT2D eigenvalue weighted by molar-refractivity contribution is -0.134. The number of carbonyl (C=O) groups excluding carboxylic acids is 9. The second kappa shape index (κ2) is 25.2. The molecule has 4 heterocycles. The molecule has 0 aliphatic carbocycles. The normalized spacial score (nSPS) is 15.8. The number of amides is 9. The van der Waals surface area contributed by atoms with Crippen molar-refractivity contribution in [3.8, 4) is 0 Å². The number of rotatable bonds is 26. The Morgan fingerprint density at radius 1 is 0.681 bits per heavy atom. The second-order valence-electron chi connectivity index (χ2n) is 18.6. The van der Waals surface area contributed by atoms with E-state index < -0.39 is 96.1 Å². The lowest BCUT2D eigenvalue weighted by atomic mass is 10.0. The van der Waals surface area contributed by atoms with Gasteiger partial charge in [0.05, 0.1) is 12.9 Å². The number of para-hydroxylation sites is 2. The summed E-state index contributed by atoms with van der Waals surface area (Å²) in [5.41, 5.74) is 9.03. The number of hydrogen-bond acceptors (Lipinski definition) is 10. The maximum Gasteiger partial charge on any atom is 0.243 e. The van der Waals surface area contributed by atoms with Gasteiger partial charge in [0.15, 0.2) is 0 Å². The molecule has 0 bridgehead atoms. The molecule has 0 unspecified atom stereocenters. The Bertz CT molecular complexity index is 2730. The highest BCUT2D eigenvalue weighted by molar-refractivity contribution is 5.98. The second-order valence-corrected chi connectivity index (χ2v) is 18.6. The number of carbonyl (C=O) groups is 9. The molecule has 0 saturated carbocycles. The largest absolute Gasteiger partial charge is 0.368 e. The number of imidazole rings is 1. The highest BCUT2D eigenvalue weighted by Crippen LogP contribution is 2.21. The summed E-state index contributed by atoms with van der Waals surface area (Å²) in [5.74, 6) is -5.92. The Balaban J connectivity index is 1.14. The van der Waals surface area contributed by atoms with Crippen LogP contribution in [-0.2, 0) is 62.4 Å². The lowest BCUT2D eigenvalue weighted by Crippen LogP contribution is -2.58. The maximum absolute atomic E-state index is 14.1. The third kappa shape index (κ3) is 14.7. The van der Waals surface area contributed by atoms with Crippen LogP contribution in [0.3, 0.4) is 0 Å². The average molecular weight is 992 g/mol. The van der Waals surface area contributed by atoms with Crippen molar-refractivity contribution in [3.63, 3.8) is 0 Å². The minimum absolute atomic E-state index is 0.0407.